The Balaban J connectivity index is 1.97. The standard InChI is InChI=1S/C22H25N5O2/c1-14-11-16-17(12-15(14)23-6)27(21(2,3)4)20(25-16)26-19(28)13-22(5,29)18-9-7-8-10-24-18/h7-12,29H,13H2,1-5H3,(H,25,26,28)/t22-/m1/s1. The van der Waals surface area contributed by atoms with Crippen molar-refractivity contribution >= 4 is 28.6 Å². The van der Waals surface area contributed by atoms with Crippen LogP contribution < -0.4 is 5.32 Å². The highest BCUT2D eigenvalue weighted by atomic mass is 16.3. The molecule has 3 aromatic rings. The van der Waals surface area contributed by atoms with E-state index in [2.05, 4.69) is 20.1 Å². The fourth-order valence-corrected chi connectivity index (χ4v) is 3.35. The lowest BCUT2D eigenvalue weighted by molar-refractivity contribution is -0.121. The smallest absolute Gasteiger partial charge is 0.229 e. The van der Waals surface area contributed by atoms with Gasteiger partial charge in [-0.05, 0) is 64.4 Å². The zero-order valence-corrected chi connectivity index (χ0v) is 17.3. The molecular weight excluding hydrogens is 366 g/mol. The highest BCUT2D eigenvalue weighted by molar-refractivity contribution is 5.93. The largest absolute Gasteiger partial charge is 0.383 e. The van der Waals surface area contributed by atoms with Crippen molar-refractivity contribution in [3.63, 3.8) is 0 Å². The summed E-state index contributed by atoms with van der Waals surface area (Å²) in [6.07, 6.45) is 1.42. The summed E-state index contributed by atoms with van der Waals surface area (Å²) in [5, 5.41) is 13.6. The van der Waals surface area contributed by atoms with Crippen molar-refractivity contribution in [2.45, 2.75) is 52.2 Å². The fraction of sp³-hybridized carbons (Fsp3) is 0.364. The third kappa shape index (κ3) is 4.13. The number of fused-ring (bicyclic) bond motifs is 1. The number of nitrogens with one attached hydrogen (secondary N) is 1. The Bertz CT molecular complexity index is 1100. The summed E-state index contributed by atoms with van der Waals surface area (Å²) in [5.41, 5.74) is 1.52. The Hall–Kier alpha value is -3.24. The number of rotatable bonds is 4. The third-order valence-electron chi connectivity index (χ3n) is 4.74. The molecule has 3 rings (SSSR count). The first-order valence-corrected chi connectivity index (χ1v) is 9.38. The molecule has 0 radical (unpaired) electrons. The number of carbonyl (C=O) groups excluding carboxylic acids is 1. The van der Waals surface area contributed by atoms with Crippen LogP contribution in [0.5, 0.6) is 0 Å². The number of pyridine rings is 1. The van der Waals surface area contributed by atoms with E-state index in [-0.39, 0.29) is 17.9 Å². The van der Waals surface area contributed by atoms with Gasteiger partial charge < -0.3 is 9.67 Å². The molecule has 150 valence electrons. The SMILES string of the molecule is [C-]#[N+]c1cc2c(cc1C)nc(NC(=O)C[C@@](C)(O)c1ccccn1)n2C(C)(C)C. The number of anilines is 1. The number of benzene rings is 1. The van der Waals surface area contributed by atoms with Crippen LogP contribution in [0.3, 0.4) is 0 Å². The first kappa shape index (κ1) is 20.5. The average molecular weight is 391 g/mol. The van der Waals surface area contributed by atoms with E-state index in [0.29, 0.717) is 22.8 Å². The molecule has 0 saturated carbocycles. The Kier molecular flexibility index (Phi) is 5.16. The molecule has 1 amide bonds. The minimum Gasteiger partial charge on any atom is -0.383 e. The van der Waals surface area contributed by atoms with Gasteiger partial charge in [-0.1, -0.05) is 6.07 Å². The predicted octanol–water partition coefficient (Wildman–Crippen LogP) is 4.28. The summed E-state index contributed by atoms with van der Waals surface area (Å²) >= 11 is 0. The van der Waals surface area contributed by atoms with Gasteiger partial charge in [-0.15, -0.1) is 0 Å². The van der Waals surface area contributed by atoms with Crippen LogP contribution in [-0.4, -0.2) is 25.5 Å². The second kappa shape index (κ2) is 7.30. The minimum absolute atomic E-state index is 0.163. The zero-order valence-electron chi connectivity index (χ0n) is 17.3. The van der Waals surface area contributed by atoms with Gasteiger partial charge in [0.25, 0.3) is 0 Å². The second-order valence-electron chi connectivity index (χ2n) is 8.39. The van der Waals surface area contributed by atoms with Crippen molar-refractivity contribution in [2.24, 2.45) is 0 Å². The Morgan fingerprint density at radius 3 is 2.59 bits per heavy atom. The molecule has 7 heteroatoms. The van der Waals surface area contributed by atoms with E-state index in [1.54, 1.807) is 37.4 Å². The molecule has 29 heavy (non-hydrogen) atoms. The summed E-state index contributed by atoms with van der Waals surface area (Å²) in [6, 6.07) is 8.86. The number of aliphatic hydroxyl groups is 1. The lowest BCUT2D eigenvalue weighted by Crippen LogP contribution is -2.31. The Morgan fingerprint density at radius 2 is 2.00 bits per heavy atom. The summed E-state index contributed by atoms with van der Waals surface area (Å²) in [7, 11) is 0. The van der Waals surface area contributed by atoms with Gasteiger partial charge in [-0.25, -0.2) is 9.83 Å². The lowest BCUT2D eigenvalue weighted by Gasteiger charge is -2.26. The molecule has 1 atom stereocenters. The van der Waals surface area contributed by atoms with Gasteiger partial charge in [0, 0.05) is 11.7 Å². The maximum absolute atomic E-state index is 12.7. The van der Waals surface area contributed by atoms with Crippen molar-refractivity contribution in [1.29, 1.82) is 0 Å². The van der Waals surface area contributed by atoms with Crippen LogP contribution >= 0.6 is 0 Å². The van der Waals surface area contributed by atoms with Gasteiger partial charge in [0.2, 0.25) is 11.9 Å². The topological polar surface area (TPSA) is 84.4 Å². The molecule has 2 aromatic heterocycles. The van der Waals surface area contributed by atoms with Gasteiger partial charge in [0.15, 0.2) is 5.69 Å². The molecule has 0 spiro atoms. The maximum atomic E-state index is 12.7. The second-order valence-corrected chi connectivity index (χ2v) is 8.39. The van der Waals surface area contributed by atoms with E-state index in [4.69, 9.17) is 6.57 Å². The first-order valence-electron chi connectivity index (χ1n) is 9.38. The van der Waals surface area contributed by atoms with E-state index in [1.807, 2.05) is 38.3 Å². The summed E-state index contributed by atoms with van der Waals surface area (Å²) in [6.45, 7) is 16.8. The van der Waals surface area contributed by atoms with Crippen LogP contribution in [0.4, 0.5) is 11.6 Å². The molecule has 7 nitrogen and oxygen atoms in total. The molecular formula is C22H25N5O2. The average Bonchev–Trinajstić information content (AvgIpc) is 2.97. The maximum Gasteiger partial charge on any atom is 0.229 e. The van der Waals surface area contributed by atoms with E-state index in [1.165, 1.54) is 0 Å². The van der Waals surface area contributed by atoms with Crippen LogP contribution in [-0.2, 0) is 15.9 Å². The van der Waals surface area contributed by atoms with E-state index in [9.17, 15) is 9.90 Å². The van der Waals surface area contributed by atoms with E-state index in [0.717, 1.165) is 11.1 Å². The van der Waals surface area contributed by atoms with E-state index >= 15 is 0 Å². The van der Waals surface area contributed by atoms with Crippen LogP contribution in [0, 0.1) is 13.5 Å². The van der Waals surface area contributed by atoms with Crippen LogP contribution in [0.1, 0.15) is 45.4 Å². The number of aromatic nitrogens is 3. The Morgan fingerprint density at radius 1 is 1.28 bits per heavy atom. The van der Waals surface area contributed by atoms with E-state index < -0.39 is 5.60 Å². The number of nitrogens with zero attached hydrogens (tertiary/aromatic N) is 4. The predicted molar refractivity (Wildman–Crippen MR) is 113 cm³/mol. The number of hydrogen-bond acceptors (Lipinski definition) is 4. The van der Waals surface area contributed by atoms with Gasteiger partial charge >= 0.3 is 0 Å². The van der Waals surface area contributed by atoms with Gasteiger partial charge in [0.1, 0.15) is 5.60 Å². The molecule has 0 aliphatic carbocycles. The molecule has 0 aliphatic rings. The molecule has 2 N–H and O–H groups in total. The fourth-order valence-electron chi connectivity index (χ4n) is 3.35. The zero-order chi connectivity index (χ0) is 21.4. The van der Waals surface area contributed by atoms with Gasteiger partial charge in [-0.3, -0.25) is 15.1 Å². The number of carbonyl (C=O) groups is 1. The van der Waals surface area contributed by atoms with Crippen molar-refractivity contribution in [2.75, 3.05) is 5.32 Å². The molecule has 0 unspecified atom stereocenters. The number of amides is 1. The van der Waals surface area contributed by atoms with Crippen LogP contribution in [0.25, 0.3) is 15.9 Å². The molecule has 0 fully saturated rings. The highest BCUT2D eigenvalue weighted by Crippen LogP contribution is 2.33. The van der Waals surface area contributed by atoms with Crippen molar-refractivity contribution in [1.82, 2.24) is 14.5 Å². The van der Waals surface area contributed by atoms with Crippen molar-refractivity contribution in [3.05, 3.63) is 59.2 Å². The molecule has 0 saturated heterocycles. The number of aryl methyl sites for hydroxylation is 1. The summed E-state index contributed by atoms with van der Waals surface area (Å²) in [5.74, 6) is 0.0134. The summed E-state index contributed by atoms with van der Waals surface area (Å²) < 4.78 is 1.91. The molecule has 0 aliphatic heterocycles. The van der Waals surface area contributed by atoms with Crippen molar-refractivity contribution in [3.8, 4) is 0 Å². The number of imidazole rings is 1. The quantitative estimate of drug-likeness (QED) is 0.650. The van der Waals surface area contributed by atoms with Crippen molar-refractivity contribution < 1.29 is 9.90 Å². The Labute approximate surface area is 170 Å². The number of hydrogen-bond donors (Lipinski definition) is 2. The minimum atomic E-state index is -1.40. The molecule has 0 bridgehead atoms. The molecule has 1 aromatic carbocycles. The third-order valence-corrected chi connectivity index (χ3v) is 4.74. The normalized spacial score (nSPS) is 13.7. The van der Waals surface area contributed by atoms with Gasteiger partial charge in [0.05, 0.1) is 29.7 Å². The monoisotopic (exact) mass is 391 g/mol. The summed E-state index contributed by atoms with van der Waals surface area (Å²) in [4.78, 5) is 25.1. The van der Waals surface area contributed by atoms with Crippen LogP contribution in [0.15, 0.2) is 36.5 Å². The van der Waals surface area contributed by atoms with Gasteiger partial charge in [-0.2, -0.15) is 0 Å². The first-order chi connectivity index (χ1) is 13.5. The molecule has 2 heterocycles. The lowest BCUT2D eigenvalue weighted by atomic mass is 9.97. The highest BCUT2D eigenvalue weighted by Gasteiger charge is 2.30. The van der Waals surface area contributed by atoms with Crippen LogP contribution in [0.2, 0.25) is 0 Å².